The monoisotopic (exact) mass is 370 g/mol. The van der Waals surface area contributed by atoms with Gasteiger partial charge in [0.15, 0.2) is 11.5 Å². The number of hydrogen-bond acceptors (Lipinski definition) is 4. The van der Waals surface area contributed by atoms with E-state index in [4.69, 9.17) is 9.47 Å². The summed E-state index contributed by atoms with van der Waals surface area (Å²) in [5.74, 6) is 0.557. The molecule has 0 heterocycles. The predicted octanol–water partition coefficient (Wildman–Crippen LogP) is 3.12. The molecule has 0 aliphatic carbocycles. The lowest BCUT2D eigenvalue weighted by molar-refractivity contribution is -0.121. The maximum absolute atomic E-state index is 13.0. The summed E-state index contributed by atoms with van der Waals surface area (Å²) in [4.78, 5) is 27.0. The van der Waals surface area contributed by atoms with Crippen molar-refractivity contribution in [2.45, 2.75) is 19.9 Å². The van der Waals surface area contributed by atoms with E-state index in [2.05, 4.69) is 5.32 Å². The number of nitrogens with zero attached hydrogens (tertiary/aromatic N) is 1. The fourth-order valence-corrected chi connectivity index (χ4v) is 2.70. The minimum absolute atomic E-state index is 0.0762. The number of nitrogens with one attached hydrogen (secondary N) is 1. The number of hydrogen-bond donors (Lipinski definition) is 1. The molecule has 2 aromatic rings. The van der Waals surface area contributed by atoms with Crippen LogP contribution in [0.25, 0.3) is 0 Å². The van der Waals surface area contributed by atoms with E-state index < -0.39 is 6.04 Å². The van der Waals surface area contributed by atoms with Crippen LogP contribution in [0, 0.1) is 5.92 Å². The summed E-state index contributed by atoms with van der Waals surface area (Å²) in [6.45, 7) is 3.80. The van der Waals surface area contributed by atoms with Gasteiger partial charge in [-0.15, -0.1) is 0 Å². The summed E-state index contributed by atoms with van der Waals surface area (Å²) in [5, 5.41) is 2.85. The van der Waals surface area contributed by atoms with Crippen LogP contribution in [0.15, 0.2) is 48.5 Å². The molecule has 1 N–H and O–H groups in total. The van der Waals surface area contributed by atoms with Crippen molar-refractivity contribution < 1.29 is 19.1 Å². The Bertz CT molecular complexity index is 790. The first-order valence-corrected chi connectivity index (χ1v) is 8.74. The van der Waals surface area contributed by atoms with Crippen LogP contribution in [0.3, 0.4) is 0 Å². The van der Waals surface area contributed by atoms with Crippen LogP contribution < -0.4 is 19.7 Å². The summed E-state index contributed by atoms with van der Waals surface area (Å²) in [5.41, 5.74) is 1.17. The highest BCUT2D eigenvalue weighted by molar-refractivity contribution is 6.02. The first-order valence-electron chi connectivity index (χ1n) is 8.74. The molecule has 27 heavy (non-hydrogen) atoms. The van der Waals surface area contributed by atoms with Crippen molar-refractivity contribution in [2.75, 3.05) is 26.2 Å². The van der Waals surface area contributed by atoms with E-state index in [1.807, 2.05) is 19.9 Å². The molecule has 0 radical (unpaired) electrons. The molecule has 6 heteroatoms. The Morgan fingerprint density at radius 1 is 0.963 bits per heavy atom. The zero-order valence-electron chi connectivity index (χ0n) is 16.4. The van der Waals surface area contributed by atoms with Crippen molar-refractivity contribution in [3.8, 4) is 11.5 Å². The highest BCUT2D eigenvalue weighted by Gasteiger charge is 2.28. The third-order valence-electron chi connectivity index (χ3n) is 4.34. The minimum atomic E-state index is -0.657. The zero-order chi connectivity index (χ0) is 20.0. The second kappa shape index (κ2) is 9.07. The van der Waals surface area contributed by atoms with Crippen LogP contribution in [0.1, 0.15) is 24.2 Å². The molecule has 0 aromatic heterocycles. The fourth-order valence-electron chi connectivity index (χ4n) is 2.70. The number of rotatable bonds is 7. The predicted molar refractivity (Wildman–Crippen MR) is 105 cm³/mol. The van der Waals surface area contributed by atoms with Crippen molar-refractivity contribution in [1.82, 2.24) is 5.32 Å². The molecule has 144 valence electrons. The summed E-state index contributed by atoms with van der Waals surface area (Å²) >= 11 is 0. The Morgan fingerprint density at radius 2 is 1.59 bits per heavy atom. The minimum Gasteiger partial charge on any atom is -0.493 e. The van der Waals surface area contributed by atoms with Crippen LogP contribution >= 0.6 is 0 Å². The van der Waals surface area contributed by atoms with Gasteiger partial charge in [-0.25, -0.2) is 0 Å². The average Bonchev–Trinajstić information content (AvgIpc) is 2.70. The number of carbonyl (C=O) groups excluding carboxylic acids is 2. The third kappa shape index (κ3) is 4.78. The Kier molecular flexibility index (Phi) is 6.82. The number of likely N-dealkylation sites (N-methyl/N-ethyl adjacent to an activating group) is 1. The maximum atomic E-state index is 13.0. The quantitative estimate of drug-likeness (QED) is 0.813. The SMILES string of the molecule is COc1ccc(N(C)C(=O)C(NC(=O)c2ccccc2)C(C)C)cc1OC. The van der Waals surface area contributed by atoms with Crippen LogP contribution in [0.2, 0.25) is 0 Å². The van der Waals surface area contributed by atoms with Crippen molar-refractivity contribution in [1.29, 1.82) is 0 Å². The summed E-state index contributed by atoms with van der Waals surface area (Å²) in [7, 11) is 4.77. The van der Waals surface area contributed by atoms with Crippen LogP contribution in [-0.2, 0) is 4.79 Å². The number of ether oxygens (including phenoxy) is 2. The van der Waals surface area contributed by atoms with E-state index >= 15 is 0 Å². The van der Waals surface area contributed by atoms with Gasteiger partial charge in [0.05, 0.1) is 14.2 Å². The molecule has 2 amide bonds. The van der Waals surface area contributed by atoms with Gasteiger partial charge >= 0.3 is 0 Å². The lowest BCUT2D eigenvalue weighted by atomic mass is 10.0. The Balaban J connectivity index is 2.22. The lowest BCUT2D eigenvalue weighted by Gasteiger charge is -2.27. The molecule has 1 atom stereocenters. The molecular formula is C21H26N2O4. The molecule has 0 saturated heterocycles. The lowest BCUT2D eigenvalue weighted by Crippen LogP contribution is -2.50. The molecule has 6 nitrogen and oxygen atoms in total. The van der Waals surface area contributed by atoms with Gasteiger partial charge < -0.3 is 19.7 Å². The number of anilines is 1. The van der Waals surface area contributed by atoms with Gasteiger partial charge in [-0.1, -0.05) is 32.0 Å². The fraction of sp³-hybridized carbons (Fsp3) is 0.333. The molecule has 1 unspecified atom stereocenters. The van der Waals surface area contributed by atoms with Crippen LogP contribution in [-0.4, -0.2) is 39.1 Å². The second-order valence-corrected chi connectivity index (χ2v) is 6.50. The van der Waals surface area contributed by atoms with E-state index in [1.54, 1.807) is 63.7 Å². The largest absolute Gasteiger partial charge is 0.493 e. The molecule has 0 fully saturated rings. The molecular weight excluding hydrogens is 344 g/mol. The second-order valence-electron chi connectivity index (χ2n) is 6.50. The molecule has 0 aliphatic rings. The van der Waals surface area contributed by atoms with Gasteiger partial charge in [-0.3, -0.25) is 9.59 Å². The van der Waals surface area contributed by atoms with Crippen molar-refractivity contribution in [2.24, 2.45) is 5.92 Å². The van der Waals surface area contributed by atoms with Gasteiger partial charge in [-0.05, 0) is 30.2 Å². The molecule has 2 rings (SSSR count). The van der Waals surface area contributed by atoms with Crippen LogP contribution in [0.4, 0.5) is 5.69 Å². The van der Waals surface area contributed by atoms with Gasteiger partial charge in [0.1, 0.15) is 6.04 Å². The Morgan fingerprint density at radius 3 is 2.15 bits per heavy atom. The highest BCUT2D eigenvalue weighted by Crippen LogP contribution is 2.31. The standard InChI is InChI=1S/C21H26N2O4/c1-14(2)19(22-20(24)15-9-7-6-8-10-15)21(25)23(3)16-11-12-17(26-4)18(13-16)27-5/h6-14,19H,1-5H3,(H,22,24). The highest BCUT2D eigenvalue weighted by atomic mass is 16.5. The third-order valence-corrected chi connectivity index (χ3v) is 4.34. The molecule has 0 bridgehead atoms. The molecule has 0 spiro atoms. The van der Waals surface area contributed by atoms with E-state index in [0.29, 0.717) is 22.7 Å². The average molecular weight is 370 g/mol. The smallest absolute Gasteiger partial charge is 0.251 e. The van der Waals surface area contributed by atoms with E-state index in [1.165, 1.54) is 4.90 Å². The van der Waals surface area contributed by atoms with Crippen molar-refractivity contribution in [3.63, 3.8) is 0 Å². The number of methoxy groups -OCH3 is 2. The first kappa shape index (κ1) is 20.3. The van der Waals surface area contributed by atoms with Gasteiger partial charge in [0.2, 0.25) is 5.91 Å². The van der Waals surface area contributed by atoms with Crippen molar-refractivity contribution >= 4 is 17.5 Å². The van der Waals surface area contributed by atoms with Gasteiger partial charge in [0.25, 0.3) is 5.91 Å². The summed E-state index contributed by atoms with van der Waals surface area (Å²) in [6, 6.07) is 13.4. The Hall–Kier alpha value is -3.02. The Labute approximate surface area is 160 Å². The summed E-state index contributed by atoms with van der Waals surface area (Å²) in [6.07, 6.45) is 0. The number of carbonyl (C=O) groups is 2. The number of benzene rings is 2. The topological polar surface area (TPSA) is 67.9 Å². The molecule has 0 aliphatic heterocycles. The van der Waals surface area contributed by atoms with Crippen molar-refractivity contribution in [3.05, 3.63) is 54.1 Å². The summed E-state index contributed by atoms with van der Waals surface area (Å²) < 4.78 is 10.5. The molecule has 0 saturated carbocycles. The normalized spacial score (nSPS) is 11.6. The van der Waals surface area contributed by atoms with E-state index in [0.717, 1.165) is 0 Å². The van der Waals surface area contributed by atoms with E-state index in [-0.39, 0.29) is 17.7 Å². The first-order chi connectivity index (χ1) is 12.9. The van der Waals surface area contributed by atoms with Crippen LogP contribution in [0.5, 0.6) is 11.5 Å². The van der Waals surface area contributed by atoms with Gasteiger partial charge in [-0.2, -0.15) is 0 Å². The van der Waals surface area contributed by atoms with Gasteiger partial charge in [0, 0.05) is 24.4 Å². The number of amides is 2. The maximum Gasteiger partial charge on any atom is 0.251 e. The van der Waals surface area contributed by atoms with E-state index in [9.17, 15) is 9.59 Å². The molecule has 2 aromatic carbocycles. The zero-order valence-corrected chi connectivity index (χ0v) is 16.4.